The highest BCUT2D eigenvalue weighted by Crippen LogP contribution is 2.23. The molecule has 3 heterocycles. The highest BCUT2D eigenvalue weighted by atomic mass is 32.1. The Morgan fingerprint density at radius 2 is 2.04 bits per heavy atom. The molecule has 1 saturated heterocycles. The van der Waals surface area contributed by atoms with E-state index >= 15 is 0 Å². The molecule has 2 aromatic heterocycles. The maximum absolute atomic E-state index is 12.1. The average Bonchev–Trinajstić information content (AvgIpc) is 3.15. The molecule has 134 valence electrons. The van der Waals surface area contributed by atoms with Crippen molar-refractivity contribution in [3.63, 3.8) is 0 Å². The van der Waals surface area contributed by atoms with Crippen LogP contribution in [0.5, 0.6) is 0 Å². The zero-order valence-electron chi connectivity index (χ0n) is 14.8. The van der Waals surface area contributed by atoms with E-state index < -0.39 is 0 Å². The molecule has 6 heteroatoms. The summed E-state index contributed by atoms with van der Waals surface area (Å²) in [5.41, 5.74) is 2.06. The van der Waals surface area contributed by atoms with E-state index in [1.54, 1.807) is 23.7 Å². The third-order valence-electron chi connectivity index (χ3n) is 4.70. The number of hydrogen-bond donors (Lipinski definition) is 1. The lowest BCUT2D eigenvalue weighted by atomic mass is 10.1. The van der Waals surface area contributed by atoms with E-state index in [2.05, 4.69) is 27.1 Å². The van der Waals surface area contributed by atoms with Crippen LogP contribution in [-0.2, 0) is 11.2 Å². The maximum atomic E-state index is 12.1. The first-order valence-corrected chi connectivity index (χ1v) is 9.96. The summed E-state index contributed by atoms with van der Waals surface area (Å²) < 4.78 is 0. The minimum atomic E-state index is 0.113. The monoisotopic (exact) mass is 358 g/mol. The minimum Gasteiger partial charge on any atom is -0.355 e. The quantitative estimate of drug-likeness (QED) is 0.826. The summed E-state index contributed by atoms with van der Waals surface area (Å²) >= 11 is 1.61. The van der Waals surface area contributed by atoms with E-state index in [9.17, 15) is 4.79 Å². The van der Waals surface area contributed by atoms with Gasteiger partial charge in [-0.05, 0) is 51.4 Å². The second-order valence-corrected chi connectivity index (χ2v) is 7.49. The number of rotatable bonds is 7. The Kier molecular flexibility index (Phi) is 6.53. The van der Waals surface area contributed by atoms with Crippen LogP contribution >= 0.6 is 11.3 Å². The number of amides is 1. The van der Waals surface area contributed by atoms with Crippen LogP contribution < -0.4 is 5.32 Å². The molecule has 1 aliphatic heterocycles. The highest BCUT2D eigenvalue weighted by Gasteiger charge is 2.17. The van der Waals surface area contributed by atoms with Crippen molar-refractivity contribution in [2.75, 3.05) is 19.6 Å². The van der Waals surface area contributed by atoms with E-state index in [1.807, 2.05) is 17.5 Å². The number of carbonyl (C=O) groups excluding carboxylic acids is 1. The third kappa shape index (κ3) is 5.34. The standard InChI is InChI=1S/C19H26N4OS/c1-15(23-11-3-2-4-12-23)13-21-18(24)6-5-17-14-25-19(22-17)16-7-9-20-10-8-16/h7-10,14-15H,2-6,11-13H2,1H3,(H,21,24). The lowest BCUT2D eigenvalue weighted by Crippen LogP contribution is -2.44. The van der Waals surface area contributed by atoms with Gasteiger partial charge in [-0.1, -0.05) is 6.42 Å². The van der Waals surface area contributed by atoms with Crippen molar-refractivity contribution < 1.29 is 4.79 Å². The number of piperidine rings is 1. The number of likely N-dealkylation sites (tertiary alicyclic amines) is 1. The SMILES string of the molecule is CC(CNC(=O)CCc1csc(-c2ccncc2)n1)N1CCCCC1. The first-order chi connectivity index (χ1) is 12.2. The largest absolute Gasteiger partial charge is 0.355 e. The Labute approximate surface area is 153 Å². The fourth-order valence-electron chi connectivity index (χ4n) is 3.13. The van der Waals surface area contributed by atoms with E-state index in [0.717, 1.165) is 35.9 Å². The van der Waals surface area contributed by atoms with Gasteiger partial charge in [0.05, 0.1) is 5.69 Å². The molecular weight excluding hydrogens is 332 g/mol. The maximum Gasteiger partial charge on any atom is 0.220 e. The van der Waals surface area contributed by atoms with Gasteiger partial charge in [0.1, 0.15) is 5.01 Å². The van der Waals surface area contributed by atoms with E-state index in [-0.39, 0.29) is 5.91 Å². The summed E-state index contributed by atoms with van der Waals surface area (Å²) in [5, 5.41) is 6.10. The van der Waals surface area contributed by atoms with Crippen molar-refractivity contribution in [2.45, 2.75) is 45.1 Å². The fourth-order valence-corrected chi connectivity index (χ4v) is 3.99. The second-order valence-electron chi connectivity index (χ2n) is 6.63. The fraction of sp³-hybridized carbons (Fsp3) is 0.526. The molecule has 1 atom stereocenters. The minimum absolute atomic E-state index is 0.113. The Morgan fingerprint density at radius 3 is 2.80 bits per heavy atom. The number of aromatic nitrogens is 2. The molecule has 0 saturated carbocycles. The highest BCUT2D eigenvalue weighted by molar-refractivity contribution is 7.13. The van der Waals surface area contributed by atoms with E-state index in [4.69, 9.17) is 0 Å². The van der Waals surface area contributed by atoms with Crippen LogP contribution in [0.25, 0.3) is 10.6 Å². The molecule has 0 aliphatic carbocycles. The lowest BCUT2D eigenvalue weighted by Gasteiger charge is -2.32. The summed E-state index contributed by atoms with van der Waals surface area (Å²) in [5.74, 6) is 0.113. The van der Waals surface area contributed by atoms with Gasteiger partial charge in [-0.15, -0.1) is 11.3 Å². The first-order valence-electron chi connectivity index (χ1n) is 9.08. The van der Waals surface area contributed by atoms with Crippen molar-refractivity contribution in [1.29, 1.82) is 0 Å². The van der Waals surface area contributed by atoms with Gasteiger partial charge in [-0.3, -0.25) is 14.7 Å². The van der Waals surface area contributed by atoms with Crippen molar-refractivity contribution in [1.82, 2.24) is 20.2 Å². The van der Waals surface area contributed by atoms with Crippen molar-refractivity contribution >= 4 is 17.2 Å². The van der Waals surface area contributed by atoms with Gasteiger partial charge in [-0.2, -0.15) is 0 Å². The summed E-state index contributed by atoms with van der Waals surface area (Å²) in [6.45, 7) is 5.26. The van der Waals surface area contributed by atoms with Gasteiger partial charge < -0.3 is 5.32 Å². The molecular formula is C19H26N4OS. The predicted molar refractivity (Wildman–Crippen MR) is 102 cm³/mol. The Balaban J connectivity index is 1.41. The van der Waals surface area contributed by atoms with Gasteiger partial charge in [0.25, 0.3) is 0 Å². The Bertz CT molecular complexity index is 667. The number of pyridine rings is 1. The smallest absolute Gasteiger partial charge is 0.220 e. The van der Waals surface area contributed by atoms with Gasteiger partial charge in [0.15, 0.2) is 0 Å². The van der Waals surface area contributed by atoms with Crippen molar-refractivity contribution in [3.8, 4) is 10.6 Å². The predicted octanol–water partition coefficient (Wildman–Crippen LogP) is 3.13. The van der Waals surface area contributed by atoms with Crippen molar-refractivity contribution in [2.24, 2.45) is 0 Å². The molecule has 0 aromatic carbocycles. The molecule has 1 fully saturated rings. The molecule has 2 aromatic rings. The van der Waals surface area contributed by atoms with Gasteiger partial charge >= 0.3 is 0 Å². The van der Waals surface area contributed by atoms with Crippen LogP contribution in [0.15, 0.2) is 29.9 Å². The first kappa shape index (κ1) is 18.0. The Morgan fingerprint density at radius 1 is 1.28 bits per heavy atom. The van der Waals surface area contributed by atoms with Crippen LogP contribution in [0.4, 0.5) is 0 Å². The molecule has 1 N–H and O–H groups in total. The molecule has 1 aliphatic rings. The van der Waals surface area contributed by atoms with Gasteiger partial charge in [-0.25, -0.2) is 4.98 Å². The second kappa shape index (κ2) is 9.06. The third-order valence-corrected chi connectivity index (χ3v) is 5.64. The number of carbonyl (C=O) groups is 1. The average molecular weight is 359 g/mol. The summed E-state index contributed by atoms with van der Waals surface area (Å²) in [6.07, 6.45) is 8.62. The molecule has 25 heavy (non-hydrogen) atoms. The molecule has 0 spiro atoms. The Hall–Kier alpha value is -1.79. The van der Waals surface area contributed by atoms with E-state index in [1.165, 1.54) is 19.3 Å². The van der Waals surface area contributed by atoms with Crippen LogP contribution in [0, 0.1) is 0 Å². The van der Waals surface area contributed by atoms with Crippen LogP contribution in [0.1, 0.15) is 38.3 Å². The zero-order valence-corrected chi connectivity index (χ0v) is 15.6. The van der Waals surface area contributed by atoms with Crippen molar-refractivity contribution in [3.05, 3.63) is 35.6 Å². The number of nitrogens with one attached hydrogen (secondary N) is 1. The van der Waals surface area contributed by atoms with Crippen LogP contribution in [0.3, 0.4) is 0 Å². The zero-order chi connectivity index (χ0) is 17.5. The van der Waals surface area contributed by atoms with Gasteiger partial charge in [0.2, 0.25) is 5.91 Å². The summed E-state index contributed by atoms with van der Waals surface area (Å²) in [6, 6.07) is 4.33. The topological polar surface area (TPSA) is 58.1 Å². The van der Waals surface area contributed by atoms with Gasteiger partial charge in [0, 0.05) is 42.3 Å². The molecule has 5 nitrogen and oxygen atoms in total. The molecule has 3 rings (SSSR count). The number of aryl methyl sites for hydroxylation is 1. The number of hydrogen-bond acceptors (Lipinski definition) is 5. The molecule has 1 unspecified atom stereocenters. The molecule has 0 bridgehead atoms. The van der Waals surface area contributed by atoms with Crippen LogP contribution in [0.2, 0.25) is 0 Å². The lowest BCUT2D eigenvalue weighted by molar-refractivity contribution is -0.121. The van der Waals surface area contributed by atoms with E-state index in [0.29, 0.717) is 18.9 Å². The number of thiazole rings is 1. The normalized spacial score (nSPS) is 16.5. The molecule has 0 radical (unpaired) electrons. The number of nitrogens with zero attached hydrogens (tertiary/aromatic N) is 3. The molecule has 1 amide bonds. The summed E-state index contributed by atoms with van der Waals surface area (Å²) in [7, 11) is 0. The van der Waals surface area contributed by atoms with Crippen LogP contribution in [-0.4, -0.2) is 46.5 Å². The summed E-state index contributed by atoms with van der Waals surface area (Å²) in [4.78, 5) is 23.2.